The number of fused-ring (bicyclic) bond motifs is 3. The van der Waals surface area contributed by atoms with Crippen LogP contribution in [-0.4, -0.2) is 70.9 Å². The quantitative estimate of drug-likeness (QED) is 0.446. The van der Waals surface area contributed by atoms with Crippen molar-refractivity contribution in [3.05, 3.63) is 36.2 Å². The third-order valence-electron chi connectivity index (χ3n) is 6.06. The first kappa shape index (κ1) is 21.3. The van der Waals surface area contributed by atoms with Gasteiger partial charge in [-0.25, -0.2) is 15.0 Å². The number of pyridine rings is 1. The molecule has 2 N–H and O–H groups in total. The summed E-state index contributed by atoms with van der Waals surface area (Å²) in [5.74, 6) is 0.787. The Balaban J connectivity index is 1.37. The molecule has 1 aliphatic heterocycles. The smallest absolute Gasteiger partial charge is 0.155 e. The van der Waals surface area contributed by atoms with Crippen LogP contribution in [0.4, 0.5) is 5.82 Å². The molecule has 0 amide bonds. The molecule has 168 valence electrons. The molecule has 3 aromatic heterocycles. The summed E-state index contributed by atoms with van der Waals surface area (Å²) in [5, 5.41) is 7.81. The van der Waals surface area contributed by atoms with Gasteiger partial charge in [0.1, 0.15) is 26.4 Å². The van der Waals surface area contributed by atoms with Crippen molar-refractivity contribution in [2.45, 2.75) is 13.0 Å². The summed E-state index contributed by atoms with van der Waals surface area (Å²) in [7, 11) is 3.87. The molecule has 1 fully saturated rings. The summed E-state index contributed by atoms with van der Waals surface area (Å²) >= 11 is 1.62. The van der Waals surface area contributed by atoms with E-state index in [1.807, 2.05) is 25.0 Å². The number of thiazole rings is 1. The van der Waals surface area contributed by atoms with E-state index in [2.05, 4.69) is 51.7 Å². The number of benzene rings is 1. The predicted octanol–water partition coefficient (Wildman–Crippen LogP) is 3.27. The van der Waals surface area contributed by atoms with Gasteiger partial charge in [0.25, 0.3) is 0 Å². The van der Waals surface area contributed by atoms with Crippen LogP contribution in [0, 0.1) is 0 Å². The van der Waals surface area contributed by atoms with Crippen LogP contribution in [-0.2, 0) is 11.8 Å². The normalized spacial score (nSPS) is 16.1. The van der Waals surface area contributed by atoms with Gasteiger partial charge in [-0.3, -0.25) is 4.90 Å². The number of morpholine rings is 1. The molecule has 0 bridgehead atoms. The number of hydrogen-bond acceptors (Lipinski definition) is 8. The maximum atomic E-state index is 5.43. The number of anilines is 1. The van der Waals surface area contributed by atoms with E-state index in [0.717, 1.165) is 77.2 Å². The summed E-state index contributed by atoms with van der Waals surface area (Å²) in [4.78, 5) is 17.6. The zero-order valence-corrected chi connectivity index (χ0v) is 19.6. The van der Waals surface area contributed by atoms with E-state index >= 15 is 0 Å². The number of nitrogens with zero attached hydrogens (tertiary/aromatic N) is 5. The Bertz CT molecular complexity index is 1230. The van der Waals surface area contributed by atoms with Gasteiger partial charge in [0.2, 0.25) is 0 Å². The number of rotatable bonds is 7. The van der Waals surface area contributed by atoms with E-state index in [1.54, 1.807) is 11.3 Å². The van der Waals surface area contributed by atoms with Gasteiger partial charge in [0, 0.05) is 51.9 Å². The summed E-state index contributed by atoms with van der Waals surface area (Å²) < 4.78 is 7.45. The third-order valence-corrected chi connectivity index (χ3v) is 7.06. The lowest BCUT2D eigenvalue weighted by atomic mass is 10.1. The lowest BCUT2D eigenvalue weighted by Crippen LogP contribution is -2.40. The number of aryl methyl sites for hydroxylation is 1. The van der Waals surface area contributed by atoms with Crippen LogP contribution in [0.25, 0.3) is 32.0 Å². The third kappa shape index (κ3) is 4.09. The first-order valence-electron chi connectivity index (χ1n) is 11.1. The molecule has 4 aromatic rings. The first-order valence-corrected chi connectivity index (χ1v) is 11.9. The monoisotopic (exact) mass is 451 g/mol. The minimum atomic E-state index is 0.267. The fraction of sp³-hybridized carbons (Fsp3) is 0.435. The second-order valence-electron chi connectivity index (χ2n) is 8.19. The molecule has 0 saturated carbocycles. The standard InChI is InChI=1S/C23H29N7OS/c1-15(25-7-8-30-9-11-31-12-10-30)16-5-4-6-17(13-16)22-27-19-20-18(26-14-29(20)3)21(24-2)28-23(19)32-22/h4-6,13-15,25H,7-12H2,1-3H3,(H,24,28). The SMILES string of the molecule is CNc1nc2sc(-c3cccc(C(C)NCCN4CCOCC4)c3)nc2c2c1ncn2C. The summed E-state index contributed by atoms with van der Waals surface area (Å²) in [6, 6.07) is 8.93. The van der Waals surface area contributed by atoms with Gasteiger partial charge in [-0.2, -0.15) is 0 Å². The van der Waals surface area contributed by atoms with Crippen molar-refractivity contribution < 1.29 is 4.74 Å². The lowest BCUT2D eigenvalue weighted by molar-refractivity contribution is 0.0382. The van der Waals surface area contributed by atoms with E-state index in [4.69, 9.17) is 14.7 Å². The van der Waals surface area contributed by atoms with Gasteiger partial charge in [-0.15, -0.1) is 0 Å². The molecule has 0 spiro atoms. The summed E-state index contributed by atoms with van der Waals surface area (Å²) in [6.07, 6.45) is 1.82. The molecular formula is C23H29N7OS. The second kappa shape index (κ2) is 9.11. The van der Waals surface area contributed by atoms with Crippen LogP contribution < -0.4 is 10.6 Å². The zero-order valence-electron chi connectivity index (χ0n) is 18.8. The molecule has 4 heterocycles. The summed E-state index contributed by atoms with van der Waals surface area (Å²) in [6.45, 7) is 7.96. The average molecular weight is 452 g/mol. The van der Waals surface area contributed by atoms with Crippen LogP contribution in [0.3, 0.4) is 0 Å². The van der Waals surface area contributed by atoms with Gasteiger partial charge in [0.05, 0.1) is 19.5 Å². The van der Waals surface area contributed by atoms with Crippen molar-refractivity contribution in [2.24, 2.45) is 7.05 Å². The Morgan fingerprint density at radius 3 is 2.84 bits per heavy atom. The van der Waals surface area contributed by atoms with Gasteiger partial charge in [-0.1, -0.05) is 29.5 Å². The Morgan fingerprint density at radius 2 is 2.03 bits per heavy atom. The lowest BCUT2D eigenvalue weighted by Gasteiger charge is -2.27. The number of nitrogens with one attached hydrogen (secondary N) is 2. The maximum absolute atomic E-state index is 5.43. The van der Waals surface area contributed by atoms with Crippen molar-refractivity contribution in [2.75, 3.05) is 51.8 Å². The number of hydrogen-bond donors (Lipinski definition) is 2. The number of ether oxygens (including phenoxy) is 1. The highest BCUT2D eigenvalue weighted by atomic mass is 32.1. The van der Waals surface area contributed by atoms with E-state index in [1.165, 1.54) is 5.56 Å². The fourth-order valence-electron chi connectivity index (χ4n) is 4.20. The van der Waals surface area contributed by atoms with E-state index < -0.39 is 0 Å². The molecule has 1 aromatic carbocycles. The second-order valence-corrected chi connectivity index (χ2v) is 9.17. The maximum Gasteiger partial charge on any atom is 0.155 e. The van der Waals surface area contributed by atoms with Crippen LogP contribution in [0.5, 0.6) is 0 Å². The van der Waals surface area contributed by atoms with Crippen molar-refractivity contribution in [1.29, 1.82) is 0 Å². The molecule has 9 heteroatoms. The highest BCUT2D eigenvalue weighted by molar-refractivity contribution is 7.21. The molecule has 5 rings (SSSR count). The zero-order chi connectivity index (χ0) is 22.1. The molecule has 0 aliphatic carbocycles. The fourth-order valence-corrected chi connectivity index (χ4v) is 5.14. The van der Waals surface area contributed by atoms with Gasteiger partial charge in [-0.05, 0) is 18.6 Å². The highest BCUT2D eigenvalue weighted by Crippen LogP contribution is 2.35. The Morgan fingerprint density at radius 1 is 1.19 bits per heavy atom. The largest absolute Gasteiger partial charge is 0.379 e. The average Bonchev–Trinajstić information content (AvgIpc) is 3.43. The van der Waals surface area contributed by atoms with Gasteiger partial charge in [0.15, 0.2) is 5.82 Å². The molecule has 32 heavy (non-hydrogen) atoms. The minimum absolute atomic E-state index is 0.267. The van der Waals surface area contributed by atoms with E-state index in [0.29, 0.717) is 0 Å². The Kier molecular flexibility index (Phi) is 6.05. The highest BCUT2D eigenvalue weighted by Gasteiger charge is 2.18. The molecular weight excluding hydrogens is 422 g/mol. The molecule has 1 saturated heterocycles. The van der Waals surface area contributed by atoms with E-state index in [9.17, 15) is 0 Å². The van der Waals surface area contributed by atoms with Crippen molar-refractivity contribution in [3.8, 4) is 10.6 Å². The first-order chi connectivity index (χ1) is 15.6. The number of imidazole rings is 1. The molecule has 1 atom stereocenters. The van der Waals surface area contributed by atoms with E-state index in [-0.39, 0.29) is 6.04 Å². The Hall–Kier alpha value is -2.59. The topological polar surface area (TPSA) is 80.1 Å². The van der Waals surface area contributed by atoms with Crippen LogP contribution in [0.15, 0.2) is 30.6 Å². The Labute approximate surface area is 191 Å². The van der Waals surface area contributed by atoms with Crippen LogP contribution >= 0.6 is 11.3 Å². The van der Waals surface area contributed by atoms with Gasteiger partial charge < -0.3 is 19.9 Å². The molecule has 1 aliphatic rings. The minimum Gasteiger partial charge on any atom is -0.379 e. The van der Waals surface area contributed by atoms with Crippen LogP contribution in [0.1, 0.15) is 18.5 Å². The predicted molar refractivity (Wildman–Crippen MR) is 130 cm³/mol. The van der Waals surface area contributed by atoms with Gasteiger partial charge >= 0.3 is 0 Å². The van der Waals surface area contributed by atoms with Crippen LogP contribution in [0.2, 0.25) is 0 Å². The molecule has 1 unspecified atom stereocenters. The summed E-state index contributed by atoms with van der Waals surface area (Å²) in [5.41, 5.74) is 5.15. The van der Waals surface area contributed by atoms with Crippen molar-refractivity contribution >= 4 is 38.5 Å². The molecule has 0 radical (unpaired) electrons. The van der Waals surface area contributed by atoms with Crippen molar-refractivity contribution in [1.82, 2.24) is 29.7 Å². The molecule has 8 nitrogen and oxygen atoms in total. The van der Waals surface area contributed by atoms with Crippen molar-refractivity contribution in [3.63, 3.8) is 0 Å². The number of aromatic nitrogens is 4.